The maximum Gasteiger partial charge on any atom is 0.325 e. The standard InChI is InChI=1S/C28H37NO14/c1-7-38-23(30)20(24(31)39-8-2)17-14-13-16(15-18(17)29(36)37)19(21(25(32)40-9-3)26(33)41-10-4)22(27(34)42-11-5)28(35)43-12-6/h13-15,19-22H,7-12H2,1-6H3. The zero-order valence-corrected chi connectivity index (χ0v) is 24.9. The van der Waals surface area contributed by atoms with Crippen LogP contribution in [0.2, 0.25) is 0 Å². The first kappa shape index (κ1) is 36.5. The molecule has 0 N–H and O–H groups in total. The molecule has 0 saturated heterocycles. The Morgan fingerprint density at radius 2 is 0.930 bits per heavy atom. The monoisotopic (exact) mass is 611 g/mol. The molecule has 43 heavy (non-hydrogen) atoms. The fourth-order valence-corrected chi connectivity index (χ4v) is 4.26. The van der Waals surface area contributed by atoms with Crippen LogP contribution in [0.1, 0.15) is 64.5 Å². The molecule has 15 nitrogen and oxygen atoms in total. The predicted octanol–water partition coefficient (Wildman–Crippen LogP) is 2.37. The van der Waals surface area contributed by atoms with Gasteiger partial charge in [-0.2, -0.15) is 0 Å². The highest BCUT2D eigenvalue weighted by Crippen LogP contribution is 2.40. The van der Waals surface area contributed by atoms with Crippen LogP contribution in [-0.4, -0.2) is 80.4 Å². The minimum atomic E-state index is -1.99. The first-order valence-electron chi connectivity index (χ1n) is 13.7. The number of nitro groups is 1. The lowest BCUT2D eigenvalue weighted by Gasteiger charge is -2.29. The maximum absolute atomic E-state index is 13.2. The molecule has 0 unspecified atom stereocenters. The number of carbonyl (C=O) groups is 6. The lowest BCUT2D eigenvalue weighted by Crippen LogP contribution is -2.43. The van der Waals surface area contributed by atoms with Gasteiger partial charge in [-0.3, -0.25) is 38.9 Å². The summed E-state index contributed by atoms with van der Waals surface area (Å²) in [6.07, 6.45) is 0. The van der Waals surface area contributed by atoms with Crippen molar-refractivity contribution < 1.29 is 62.1 Å². The van der Waals surface area contributed by atoms with Crippen molar-refractivity contribution in [1.82, 2.24) is 0 Å². The summed E-state index contributed by atoms with van der Waals surface area (Å²) in [5.74, 6) is -14.7. The molecule has 0 heterocycles. The minimum Gasteiger partial charge on any atom is -0.465 e. The van der Waals surface area contributed by atoms with Gasteiger partial charge < -0.3 is 28.4 Å². The van der Waals surface area contributed by atoms with Crippen LogP contribution in [0.5, 0.6) is 0 Å². The molecule has 0 saturated carbocycles. The van der Waals surface area contributed by atoms with E-state index >= 15 is 0 Å². The molecule has 0 amide bonds. The van der Waals surface area contributed by atoms with Crippen LogP contribution in [0.3, 0.4) is 0 Å². The van der Waals surface area contributed by atoms with E-state index in [-0.39, 0.29) is 45.2 Å². The molecular formula is C28H37NO14. The summed E-state index contributed by atoms with van der Waals surface area (Å²) in [7, 11) is 0. The lowest BCUT2D eigenvalue weighted by molar-refractivity contribution is -0.385. The Hall–Kier alpha value is -4.56. The topological polar surface area (TPSA) is 201 Å². The van der Waals surface area contributed by atoms with Crippen molar-refractivity contribution in [3.05, 3.63) is 39.4 Å². The fraction of sp³-hybridized carbons (Fsp3) is 0.571. The Bertz CT molecular complexity index is 1090. The van der Waals surface area contributed by atoms with Crippen molar-refractivity contribution in [1.29, 1.82) is 0 Å². The van der Waals surface area contributed by atoms with E-state index in [0.717, 1.165) is 18.2 Å². The van der Waals surface area contributed by atoms with Gasteiger partial charge in [0.1, 0.15) is 0 Å². The molecule has 1 aromatic carbocycles. The number of carbonyl (C=O) groups excluding carboxylic acids is 6. The van der Waals surface area contributed by atoms with Crippen molar-refractivity contribution in [3.8, 4) is 0 Å². The van der Waals surface area contributed by atoms with Gasteiger partial charge in [-0.05, 0) is 47.1 Å². The van der Waals surface area contributed by atoms with Crippen molar-refractivity contribution in [2.75, 3.05) is 39.6 Å². The molecule has 0 aliphatic rings. The van der Waals surface area contributed by atoms with Crippen LogP contribution in [0, 0.1) is 22.0 Å². The van der Waals surface area contributed by atoms with E-state index in [9.17, 15) is 38.9 Å². The van der Waals surface area contributed by atoms with E-state index in [1.165, 1.54) is 41.5 Å². The van der Waals surface area contributed by atoms with Crippen molar-refractivity contribution in [2.24, 2.45) is 11.8 Å². The molecule has 0 fully saturated rings. The van der Waals surface area contributed by atoms with Crippen LogP contribution >= 0.6 is 0 Å². The summed E-state index contributed by atoms with van der Waals surface area (Å²) < 4.78 is 30.1. The van der Waals surface area contributed by atoms with E-state index in [4.69, 9.17) is 28.4 Å². The Labute approximate surface area is 248 Å². The molecular weight excluding hydrogens is 574 g/mol. The highest BCUT2D eigenvalue weighted by molar-refractivity contribution is 6.03. The van der Waals surface area contributed by atoms with Gasteiger partial charge in [0, 0.05) is 12.0 Å². The number of esters is 6. The SMILES string of the molecule is CCOC(=O)C(C(=O)OCC)c1ccc(C(C(C(=O)OCC)C(=O)OCC)C(C(=O)OCC)C(=O)OCC)cc1[N+](=O)[O-]. The van der Waals surface area contributed by atoms with Crippen LogP contribution in [0.4, 0.5) is 5.69 Å². The molecule has 0 radical (unpaired) electrons. The van der Waals surface area contributed by atoms with Gasteiger partial charge in [0.15, 0.2) is 17.8 Å². The number of nitro benzene ring substituents is 1. The van der Waals surface area contributed by atoms with Gasteiger partial charge in [-0.25, -0.2) is 0 Å². The first-order chi connectivity index (χ1) is 20.4. The molecule has 0 aliphatic carbocycles. The third-order valence-electron chi connectivity index (χ3n) is 5.87. The number of hydrogen-bond acceptors (Lipinski definition) is 14. The van der Waals surface area contributed by atoms with E-state index in [1.54, 1.807) is 0 Å². The van der Waals surface area contributed by atoms with Crippen LogP contribution < -0.4 is 0 Å². The number of benzene rings is 1. The van der Waals surface area contributed by atoms with Crippen molar-refractivity contribution >= 4 is 41.5 Å². The Balaban J connectivity index is 4.17. The Morgan fingerprint density at radius 3 is 1.23 bits per heavy atom. The molecule has 1 rings (SSSR count). The summed E-state index contributed by atoms with van der Waals surface area (Å²) in [6, 6.07) is 2.97. The average Bonchev–Trinajstić information content (AvgIpc) is 2.94. The van der Waals surface area contributed by atoms with E-state index < -0.39 is 75.7 Å². The summed E-state index contributed by atoms with van der Waals surface area (Å²) in [6.45, 7) is 7.64. The Morgan fingerprint density at radius 1 is 0.605 bits per heavy atom. The number of hydrogen-bond donors (Lipinski definition) is 0. The minimum absolute atomic E-state index is 0.149. The molecule has 0 aliphatic heterocycles. The zero-order valence-electron chi connectivity index (χ0n) is 24.9. The summed E-state index contributed by atoms with van der Waals surface area (Å²) >= 11 is 0. The van der Waals surface area contributed by atoms with Crippen LogP contribution in [0.25, 0.3) is 0 Å². The fourth-order valence-electron chi connectivity index (χ4n) is 4.26. The van der Waals surface area contributed by atoms with E-state index in [0.29, 0.717) is 0 Å². The molecule has 0 aromatic heterocycles. The van der Waals surface area contributed by atoms with E-state index in [2.05, 4.69) is 0 Å². The smallest absolute Gasteiger partial charge is 0.325 e. The van der Waals surface area contributed by atoms with Crippen molar-refractivity contribution in [3.63, 3.8) is 0 Å². The maximum atomic E-state index is 13.2. The third kappa shape index (κ3) is 9.48. The summed E-state index contributed by atoms with van der Waals surface area (Å²) in [4.78, 5) is 89.5. The van der Waals surface area contributed by atoms with Crippen LogP contribution in [-0.2, 0) is 57.2 Å². The average molecular weight is 612 g/mol. The van der Waals surface area contributed by atoms with Gasteiger partial charge in [0.2, 0.25) is 0 Å². The molecule has 0 bridgehead atoms. The third-order valence-corrected chi connectivity index (χ3v) is 5.87. The van der Waals surface area contributed by atoms with Crippen LogP contribution in [0.15, 0.2) is 18.2 Å². The van der Waals surface area contributed by atoms with Crippen molar-refractivity contribution in [2.45, 2.75) is 53.4 Å². The first-order valence-corrected chi connectivity index (χ1v) is 13.7. The number of nitrogens with zero attached hydrogens (tertiary/aromatic N) is 1. The second kappa shape index (κ2) is 18.1. The Kier molecular flexibility index (Phi) is 15.3. The van der Waals surface area contributed by atoms with Gasteiger partial charge >= 0.3 is 35.8 Å². The van der Waals surface area contributed by atoms with Gasteiger partial charge in [-0.15, -0.1) is 0 Å². The van der Waals surface area contributed by atoms with Gasteiger partial charge in [0.25, 0.3) is 5.69 Å². The second-order valence-electron chi connectivity index (χ2n) is 8.50. The summed E-state index contributed by atoms with van der Waals surface area (Å²) in [5.41, 5.74) is -1.53. The van der Waals surface area contributed by atoms with E-state index in [1.807, 2.05) is 0 Å². The predicted molar refractivity (Wildman–Crippen MR) is 145 cm³/mol. The second-order valence-corrected chi connectivity index (χ2v) is 8.50. The number of rotatable bonds is 17. The molecule has 15 heteroatoms. The van der Waals surface area contributed by atoms with Gasteiger partial charge in [0.05, 0.1) is 50.1 Å². The largest absolute Gasteiger partial charge is 0.465 e. The van der Waals surface area contributed by atoms with Gasteiger partial charge in [-0.1, -0.05) is 12.1 Å². The number of ether oxygens (including phenoxy) is 6. The normalized spacial score (nSPS) is 10.8. The molecule has 1 aromatic rings. The zero-order chi connectivity index (χ0) is 32.7. The quantitative estimate of drug-likeness (QED) is 0.0816. The highest BCUT2D eigenvalue weighted by atomic mass is 16.6. The highest BCUT2D eigenvalue weighted by Gasteiger charge is 2.50. The summed E-state index contributed by atoms with van der Waals surface area (Å²) in [5, 5.41) is 12.3. The molecule has 0 spiro atoms. The molecule has 238 valence electrons. The molecule has 0 atom stereocenters. The lowest BCUT2D eigenvalue weighted by atomic mass is 9.75.